The fourth-order valence-electron chi connectivity index (χ4n) is 2.64. The van der Waals surface area contributed by atoms with Gasteiger partial charge in [0.15, 0.2) is 0 Å². The highest BCUT2D eigenvalue weighted by Crippen LogP contribution is 2.14. The summed E-state index contributed by atoms with van der Waals surface area (Å²) < 4.78 is 0. The molecule has 1 aliphatic heterocycles. The Balaban J connectivity index is 1.97. The maximum Gasteiger partial charge on any atom is 0.335 e. The molecular weight excluding hydrogens is 252 g/mol. The minimum absolute atomic E-state index is 0.349. The summed E-state index contributed by atoms with van der Waals surface area (Å²) in [5.74, 6) is -0.868. The van der Waals surface area contributed by atoms with Crippen LogP contribution in [0.15, 0.2) is 24.3 Å². The van der Waals surface area contributed by atoms with E-state index in [1.54, 1.807) is 12.1 Å². The number of hydrogen-bond donors (Lipinski definition) is 2. The third-order valence-corrected chi connectivity index (χ3v) is 3.93. The van der Waals surface area contributed by atoms with Crippen molar-refractivity contribution in [1.29, 1.82) is 0 Å². The topological polar surface area (TPSA) is 52.6 Å². The first-order valence-corrected chi connectivity index (χ1v) is 7.36. The van der Waals surface area contributed by atoms with Gasteiger partial charge in [0, 0.05) is 25.2 Å². The molecule has 2 N–H and O–H groups in total. The molecule has 0 aromatic heterocycles. The van der Waals surface area contributed by atoms with E-state index in [0.29, 0.717) is 17.6 Å². The molecule has 1 atom stereocenters. The second kappa shape index (κ2) is 6.86. The summed E-state index contributed by atoms with van der Waals surface area (Å²) in [6.45, 7) is 7.47. The van der Waals surface area contributed by atoms with Gasteiger partial charge in [0.2, 0.25) is 0 Å². The first-order chi connectivity index (χ1) is 9.56. The number of carboxylic acid groups (broad SMARTS) is 1. The highest BCUT2D eigenvalue weighted by atomic mass is 16.4. The molecule has 4 nitrogen and oxygen atoms in total. The predicted octanol–water partition coefficient (Wildman–Crippen LogP) is 2.35. The Kier molecular flexibility index (Phi) is 5.15. The fourth-order valence-corrected chi connectivity index (χ4v) is 2.64. The number of nitrogens with zero attached hydrogens (tertiary/aromatic N) is 1. The Morgan fingerprint density at radius 3 is 2.60 bits per heavy atom. The Labute approximate surface area is 120 Å². The maximum absolute atomic E-state index is 10.9. The number of nitrogens with one attached hydrogen (secondary N) is 1. The molecule has 1 saturated heterocycles. The largest absolute Gasteiger partial charge is 0.478 e. The van der Waals surface area contributed by atoms with Gasteiger partial charge in [-0.3, -0.25) is 4.90 Å². The molecule has 0 bridgehead atoms. The third kappa shape index (κ3) is 4.05. The molecule has 1 aromatic carbocycles. The molecule has 4 heteroatoms. The van der Waals surface area contributed by atoms with Crippen molar-refractivity contribution >= 4 is 5.97 Å². The van der Waals surface area contributed by atoms with Crippen LogP contribution in [0.5, 0.6) is 0 Å². The lowest BCUT2D eigenvalue weighted by Crippen LogP contribution is -2.40. The molecule has 2 rings (SSSR count). The number of benzene rings is 1. The lowest BCUT2D eigenvalue weighted by atomic mass is 10.1. The van der Waals surface area contributed by atoms with E-state index in [-0.39, 0.29) is 0 Å². The van der Waals surface area contributed by atoms with Crippen LogP contribution in [0.2, 0.25) is 0 Å². The first kappa shape index (κ1) is 15.0. The summed E-state index contributed by atoms with van der Waals surface area (Å²) in [5, 5.41) is 12.4. The zero-order valence-corrected chi connectivity index (χ0v) is 12.3. The van der Waals surface area contributed by atoms with E-state index in [1.165, 1.54) is 18.4 Å². The van der Waals surface area contributed by atoms with Crippen LogP contribution in [0.1, 0.15) is 42.6 Å². The van der Waals surface area contributed by atoms with Gasteiger partial charge in [0.25, 0.3) is 0 Å². The van der Waals surface area contributed by atoms with Crippen molar-refractivity contribution in [2.75, 3.05) is 13.1 Å². The number of aromatic carboxylic acids is 1. The van der Waals surface area contributed by atoms with Gasteiger partial charge >= 0.3 is 5.97 Å². The van der Waals surface area contributed by atoms with Crippen molar-refractivity contribution in [2.45, 2.75) is 45.3 Å². The van der Waals surface area contributed by atoms with Crippen LogP contribution >= 0.6 is 0 Å². The minimum atomic E-state index is -0.868. The number of hydrogen-bond acceptors (Lipinski definition) is 3. The van der Waals surface area contributed by atoms with E-state index in [4.69, 9.17) is 5.11 Å². The molecular formula is C16H24N2O2. The smallest absolute Gasteiger partial charge is 0.335 e. The first-order valence-electron chi connectivity index (χ1n) is 7.36. The fraction of sp³-hybridized carbons (Fsp3) is 0.562. The lowest BCUT2D eigenvalue weighted by molar-refractivity contribution is 0.0697. The van der Waals surface area contributed by atoms with Crippen LogP contribution in [0.3, 0.4) is 0 Å². The van der Waals surface area contributed by atoms with Crippen LogP contribution in [-0.4, -0.2) is 41.1 Å². The monoisotopic (exact) mass is 276 g/mol. The number of carbonyl (C=O) groups is 1. The molecule has 1 aromatic rings. The van der Waals surface area contributed by atoms with E-state index >= 15 is 0 Å². The van der Waals surface area contributed by atoms with E-state index in [0.717, 1.165) is 19.6 Å². The Morgan fingerprint density at radius 2 is 2.10 bits per heavy atom. The zero-order valence-electron chi connectivity index (χ0n) is 12.3. The summed E-state index contributed by atoms with van der Waals surface area (Å²) in [5.41, 5.74) is 1.52. The van der Waals surface area contributed by atoms with E-state index in [1.807, 2.05) is 12.1 Å². The SMILES string of the molecule is CC(C)N(Cc1ccc(C(=O)O)cc1)CC1CCCN1. The summed E-state index contributed by atoms with van der Waals surface area (Å²) in [4.78, 5) is 13.3. The van der Waals surface area contributed by atoms with Crippen LogP contribution in [0.25, 0.3) is 0 Å². The molecule has 1 fully saturated rings. The molecule has 1 aliphatic rings. The molecule has 1 heterocycles. The van der Waals surface area contributed by atoms with Gasteiger partial charge in [-0.1, -0.05) is 12.1 Å². The second-order valence-corrected chi connectivity index (χ2v) is 5.82. The summed E-state index contributed by atoms with van der Waals surface area (Å²) in [6, 6.07) is 8.28. The average molecular weight is 276 g/mol. The summed E-state index contributed by atoms with van der Waals surface area (Å²) >= 11 is 0. The quantitative estimate of drug-likeness (QED) is 0.837. The minimum Gasteiger partial charge on any atom is -0.478 e. The molecule has 110 valence electrons. The van der Waals surface area contributed by atoms with Gasteiger partial charge in [0.05, 0.1) is 5.56 Å². The van der Waals surface area contributed by atoms with Crippen molar-refractivity contribution in [3.05, 3.63) is 35.4 Å². The Bertz CT molecular complexity index is 436. The van der Waals surface area contributed by atoms with Crippen molar-refractivity contribution < 1.29 is 9.90 Å². The highest BCUT2D eigenvalue weighted by molar-refractivity contribution is 5.87. The molecule has 0 spiro atoms. The van der Waals surface area contributed by atoms with E-state index < -0.39 is 5.97 Å². The third-order valence-electron chi connectivity index (χ3n) is 3.93. The molecule has 0 saturated carbocycles. The maximum atomic E-state index is 10.9. The average Bonchev–Trinajstić information content (AvgIpc) is 2.91. The van der Waals surface area contributed by atoms with Crippen LogP contribution in [0, 0.1) is 0 Å². The lowest BCUT2D eigenvalue weighted by Gasteiger charge is -2.29. The Morgan fingerprint density at radius 1 is 1.40 bits per heavy atom. The van der Waals surface area contributed by atoms with Crippen LogP contribution in [0.4, 0.5) is 0 Å². The van der Waals surface area contributed by atoms with E-state index in [9.17, 15) is 4.79 Å². The molecule has 0 amide bonds. The van der Waals surface area contributed by atoms with Gasteiger partial charge in [-0.2, -0.15) is 0 Å². The standard InChI is InChI=1S/C16H24N2O2/c1-12(2)18(11-15-4-3-9-17-15)10-13-5-7-14(8-6-13)16(19)20/h5-8,12,15,17H,3-4,9-11H2,1-2H3,(H,19,20). The van der Waals surface area contributed by atoms with Crippen molar-refractivity contribution in [3.8, 4) is 0 Å². The second-order valence-electron chi connectivity index (χ2n) is 5.82. The number of rotatable bonds is 6. The molecule has 1 unspecified atom stereocenters. The van der Waals surface area contributed by atoms with Crippen LogP contribution < -0.4 is 5.32 Å². The van der Waals surface area contributed by atoms with E-state index in [2.05, 4.69) is 24.1 Å². The van der Waals surface area contributed by atoms with Gasteiger partial charge in [-0.05, 0) is 50.9 Å². The highest BCUT2D eigenvalue weighted by Gasteiger charge is 2.19. The zero-order chi connectivity index (χ0) is 14.5. The molecule has 0 aliphatic carbocycles. The normalized spacial score (nSPS) is 18.9. The van der Waals surface area contributed by atoms with Crippen molar-refractivity contribution in [1.82, 2.24) is 10.2 Å². The van der Waals surface area contributed by atoms with Gasteiger partial charge in [-0.15, -0.1) is 0 Å². The number of carboxylic acids is 1. The van der Waals surface area contributed by atoms with Crippen molar-refractivity contribution in [3.63, 3.8) is 0 Å². The summed E-state index contributed by atoms with van der Waals surface area (Å²) in [7, 11) is 0. The summed E-state index contributed by atoms with van der Waals surface area (Å²) in [6.07, 6.45) is 2.52. The van der Waals surface area contributed by atoms with Gasteiger partial charge < -0.3 is 10.4 Å². The predicted molar refractivity (Wildman–Crippen MR) is 80.0 cm³/mol. The Hall–Kier alpha value is -1.39. The molecule has 20 heavy (non-hydrogen) atoms. The van der Waals surface area contributed by atoms with Crippen molar-refractivity contribution in [2.24, 2.45) is 0 Å². The van der Waals surface area contributed by atoms with Gasteiger partial charge in [-0.25, -0.2) is 4.79 Å². The van der Waals surface area contributed by atoms with Gasteiger partial charge in [0.1, 0.15) is 0 Å². The molecule has 0 radical (unpaired) electrons. The van der Waals surface area contributed by atoms with Crippen LogP contribution in [-0.2, 0) is 6.54 Å².